The average molecular weight is 412 g/mol. The van der Waals surface area contributed by atoms with Crippen LogP contribution in [0.4, 0.5) is 0 Å². The summed E-state index contributed by atoms with van der Waals surface area (Å²) in [6, 6.07) is 13.3. The first-order chi connectivity index (χ1) is 14.0. The summed E-state index contributed by atoms with van der Waals surface area (Å²) in [7, 11) is 1.60. The SMILES string of the molecule is COc1cccc(-c2ccc(C(=O)N([C@@H](CCC(N)=O)C(=O)O)C(C)(C)C)cc2)c1. The molecule has 160 valence electrons. The normalized spacial score (nSPS) is 12.1. The lowest BCUT2D eigenvalue weighted by atomic mass is 9.97. The van der Waals surface area contributed by atoms with Crippen molar-refractivity contribution in [2.24, 2.45) is 5.73 Å². The summed E-state index contributed by atoms with van der Waals surface area (Å²) in [4.78, 5) is 37.6. The smallest absolute Gasteiger partial charge is 0.326 e. The number of carboxylic acid groups (broad SMARTS) is 1. The van der Waals surface area contributed by atoms with Gasteiger partial charge in [0.25, 0.3) is 5.91 Å². The quantitative estimate of drug-likeness (QED) is 0.691. The number of carbonyl (C=O) groups is 3. The van der Waals surface area contributed by atoms with Crippen LogP contribution in [0, 0.1) is 0 Å². The molecule has 0 heterocycles. The van der Waals surface area contributed by atoms with Crippen LogP contribution in [0.1, 0.15) is 44.0 Å². The van der Waals surface area contributed by atoms with Crippen LogP contribution >= 0.6 is 0 Å². The standard InChI is InChI=1S/C23H28N2O5/c1-23(2,3)25(19(22(28)29)12-13-20(24)26)21(27)16-10-8-15(9-11-16)17-6-5-7-18(14-17)30-4/h5-11,14,19H,12-13H2,1-4H3,(H2,24,26)(H,28,29)/t19-/m0/s1. The van der Waals surface area contributed by atoms with E-state index in [9.17, 15) is 19.5 Å². The van der Waals surface area contributed by atoms with Gasteiger partial charge in [-0.05, 0) is 62.6 Å². The van der Waals surface area contributed by atoms with Gasteiger partial charge in [-0.3, -0.25) is 9.59 Å². The molecule has 0 fully saturated rings. The Balaban J connectivity index is 2.35. The van der Waals surface area contributed by atoms with Crippen molar-refractivity contribution in [3.8, 4) is 16.9 Å². The van der Waals surface area contributed by atoms with E-state index in [2.05, 4.69) is 0 Å². The number of nitrogens with two attached hydrogens (primary N) is 1. The van der Waals surface area contributed by atoms with E-state index >= 15 is 0 Å². The maximum absolute atomic E-state index is 13.3. The van der Waals surface area contributed by atoms with Gasteiger partial charge in [0.05, 0.1) is 7.11 Å². The van der Waals surface area contributed by atoms with E-state index in [1.54, 1.807) is 40.0 Å². The predicted octanol–water partition coefficient (Wildman–Crippen LogP) is 3.32. The third-order valence-corrected chi connectivity index (χ3v) is 4.74. The van der Waals surface area contributed by atoms with Crippen molar-refractivity contribution in [2.75, 3.05) is 7.11 Å². The van der Waals surface area contributed by atoms with Crippen molar-refractivity contribution in [1.82, 2.24) is 4.90 Å². The molecule has 0 unspecified atom stereocenters. The van der Waals surface area contributed by atoms with Crippen molar-refractivity contribution in [1.29, 1.82) is 0 Å². The molecule has 0 radical (unpaired) electrons. The Kier molecular flexibility index (Phi) is 7.21. The molecule has 2 amide bonds. The summed E-state index contributed by atoms with van der Waals surface area (Å²) < 4.78 is 5.25. The van der Waals surface area contributed by atoms with Gasteiger partial charge in [-0.1, -0.05) is 24.3 Å². The van der Waals surface area contributed by atoms with Crippen LogP contribution in [0.2, 0.25) is 0 Å². The number of ether oxygens (including phenoxy) is 1. The van der Waals surface area contributed by atoms with Gasteiger partial charge in [0.1, 0.15) is 11.8 Å². The van der Waals surface area contributed by atoms with Gasteiger partial charge >= 0.3 is 5.97 Å². The molecule has 30 heavy (non-hydrogen) atoms. The molecule has 7 heteroatoms. The third kappa shape index (κ3) is 5.59. The largest absolute Gasteiger partial charge is 0.497 e. The molecule has 2 aromatic carbocycles. The van der Waals surface area contributed by atoms with Crippen molar-refractivity contribution < 1.29 is 24.2 Å². The number of methoxy groups -OCH3 is 1. The van der Waals surface area contributed by atoms with Gasteiger partial charge in [0.15, 0.2) is 0 Å². The number of hydrogen-bond donors (Lipinski definition) is 2. The highest BCUT2D eigenvalue weighted by Gasteiger charge is 2.37. The molecule has 0 aromatic heterocycles. The van der Waals surface area contributed by atoms with Crippen molar-refractivity contribution in [2.45, 2.75) is 45.2 Å². The minimum Gasteiger partial charge on any atom is -0.497 e. The fourth-order valence-corrected chi connectivity index (χ4v) is 3.30. The number of benzene rings is 2. The topological polar surface area (TPSA) is 110 Å². The molecule has 2 rings (SSSR count). The summed E-state index contributed by atoms with van der Waals surface area (Å²) in [6.45, 7) is 5.28. The van der Waals surface area contributed by atoms with Crippen LogP contribution in [-0.2, 0) is 9.59 Å². The molecule has 0 saturated carbocycles. The Labute approximate surface area is 176 Å². The Morgan fingerprint density at radius 1 is 1.07 bits per heavy atom. The first kappa shape index (κ1) is 22.9. The van der Waals surface area contributed by atoms with Crippen LogP contribution in [0.5, 0.6) is 5.75 Å². The van der Waals surface area contributed by atoms with Crippen molar-refractivity contribution >= 4 is 17.8 Å². The number of carbonyl (C=O) groups excluding carboxylic acids is 2. The molecule has 0 aliphatic rings. The molecule has 0 aliphatic heterocycles. The predicted molar refractivity (Wildman–Crippen MR) is 114 cm³/mol. The zero-order valence-electron chi connectivity index (χ0n) is 17.7. The average Bonchev–Trinajstić information content (AvgIpc) is 2.69. The molecular formula is C23H28N2O5. The van der Waals surface area contributed by atoms with E-state index in [1.807, 2.05) is 36.4 Å². The van der Waals surface area contributed by atoms with E-state index in [4.69, 9.17) is 10.5 Å². The second kappa shape index (κ2) is 9.43. The zero-order valence-corrected chi connectivity index (χ0v) is 17.7. The van der Waals surface area contributed by atoms with Gasteiger partial charge in [0.2, 0.25) is 5.91 Å². The third-order valence-electron chi connectivity index (χ3n) is 4.74. The molecule has 2 aromatic rings. The van der Waals surface area contributed by atoms with Crippen LogP contribution < -0.4 is 10.5 Å². The van der Waals surface area contributed by atoms with Gasteiger partial charge in [0, 0.05) is 17.5 Å². The Hall–Kier alpha value is -3.35. The maximum Gasteiger partial charge on any atom is 0.326 e. The zero-order chi connectivity index (χ0) is 22.5. The molecule has 0 bridgehead atoms. The molecule has 1 atom stereocenters. The number of amides is 2. The fourth-order valence-electron chi connectivity index (χ4n) is 3.30. The summed E-state index contributed by atoms with van der Waals surface area (Å²) in [6.07, 6.45) is -0.166. The summed E-state index contributed by atoms with van der Waals surface area (Å²) in [5.41, 5.74) is 6.61. The number of aliphatic carboxylic acids is 1. The van der Waals surface area contributed by atoms with E-state index in [0.717, 1.165) is 16.9 Å². The molecule has 7 nitrogen and oxygen atoms in total. The minimum atomic E-state index is -1.17. The highest BCUT2D eigenvalue weighted by atomic mass is 16.5. The fraction of sp³-hybridized carbons (Fsp3) is 0.348. The van der Waals surface area contributed by atoms with E-state index in [-0.39, 0.29) is 12.8 Å². The minimum absolute atomic E-state index is 0.0461. The first-order valence-corrected chi connectivity index (χ1v) is 9.64. The molecular weight excluding hydrogens is 384 g/mol. The van der Waals surface area contributed by atoms with E-state index < -0.39 is 29.4 Å². The Morgan fingerprint density at radius 2 is 1.70 bits per heavy atom. The Bertz CT molecular complexity index is 916. The summed E-state index contributed by atoms with van der Waals surface area (Å²) >= 11 is 0. The second-order valence-corrected chi connectivity index (χ2v) is 8.01. The second-order valence-electron chi connectivity index (χ2n) is 8.01. The molecule has 0 spiro atoms. The molecule has 3 N–H and O–H groups in total. The van der Waals surface area contributed by atoms with Crippen LogP contribution in [0.3, 0.4) is 0 Å². The van der Waals surface area contributed by atoms with E-state index in [0.29, 0.717) is 5.56 Å². The lowest BCUT2D eigenvalue weighted by Crippen LogP contribution is -2.54. The van der Waals surface area contributed by atoms with Crippen LogP contribution in [0.15, 0.2) is 48.5 Å². The molecule has 0 saturated heterocycles. The monoisotopic (exact) mass is 412 g/mol. The maximum atomic E-state index is 13.3. The number of carboxylic acids is 1. The summed E-state index contributed by atoms with van der Waals surface area (Å²) in [5.74, 6) is -1.47. The Morgan fingerprint density at radius 3 is 2.20 bits per heavy atom. The van der Waals surface area contributed by atoms with Gasteiger partial charge in [-0.15, -0.1) is 0 Å². The number of nitrogens with zero attached hydrogens (tertiary/aromatic N) is 1. The highest BCUT2D eigenvalue weighted by Crippen LogP contribution is 2.27. The van der Waals surface area contributed by atoms with Gasteiger partial charge in [-0.2, -0.15) is 0 Å². The van der Waals surface area contributed by atoms with Crippen LogP contribution in [-0.4, -0.2) is 46.5 Å². The first-order valence-electron chi connectivity index (χ1n) is 9.64. The summed E-state index contributed by atoms with van der Waals surface area (Å²) in [5, 5.41) is 9.70. The van der Waals surface area contributed by atoms with Crippen molar-refractivity contribution in [3.05, 3.63) is 54.1 Å². The lowest BCUT2D eigenvalue weighted by Gasteiger charge is -2.40. The van der Waals surface area contributed by atoms with Gasteiger partial charge in [-0.25, -0.2) is 4.79 Å². The van der Waals surface area contributed by atoms with Crippen molar-refractivity contribution in [3.63, 3.8) is 0 Å². The van der Waals surface area contributed by atoms with Crippen LogP contribution in [0.25, 0.3) is 11.1 Å². The highest BCUT2D eigenvalue weighted by molar-refractivity contribution is 5.97. The number of rotatable bonds is 8. The lowest BCUT2D eigenvalue weighted by molar-refractivity contribution is -0.144. The van der Waals surface area contributed by atoms with Gasteiger partial charge < -0.3 is 20.5 Å². The number of hydrogen-bond acceptors (Lipinski definition) is 4. The molecule has 0 aliphatic carbocycles. The number of primary amides is 1. The van der Waals surface area contributed by atoms with E-state index in [1.165, 1.54) is 4.90 Å².